The standard InChI is InChI=1S/C18H21NO3/c1-4-22-15-11-9-14(10-12-15)13(2)19-18(20)16-7-5-6-8-17(16)21-3/h5-13H,4H2,1-3H3,(H,19,20)/t13-/m0/s1. The van der Waals surface area contributed by atoms with Crippen LogP contribution < -0.4 is 14.8 Å². The molecule has 2 aromatic rings. The van der Waals surface area contributed by atoms with Gasteiger partial charge in [0.2, 0.25) is 0 Å². The molecule has 0 aromatic heterocycles. The van der Waals surface area contributed by atoms with Crippen molar-refractivity contribution in [2.24, 2.45) is 0 Å². The Balaban J connectivity index is 2.07. The molecule has 0 saturated heterocycles. The van der Waals surface area contributed by atoms with Crippen molar-refractivity contribution in [2.75, 3.05) is 13.7 Å². The van der Waals surface area contributed by atoms with E-state index in [1.54, 1.807) is 19.2 Å². The molecule has 4 heteroatoms. The zero-order chi connectivity index (χ0) is 15.9. The molecule has 1 atom stereocenters. The average Bonchev–Trinajstić information content (AvgIpc) is 2.55. The molecule has 0 aliphatic rings. The van der Waals surface area contributed by atoms with Crippen molar-refractivity contribution in [3.8, 4) is 11.5 Å². The second-order valence-electron chi connectivity index (χ2n) is 4.90. The molecule has 4 nitrogen and oxygen atoms in total. The molecule has 0 spiro atoms. The zero-order valence-electron chi connectivity index (χ0n) is 13.1. The van der Waals surface area contributed by atoms with Crippen molar-refractivity contribution >= 4 is 5.91 Å². The van der Waals surface area contributed by atoms with Crippen LogP contribution in [0.25, 0.3) is 0 Å². The molecule has 2 rings (SSSR count). The topological polar surface area (TPSA) is 47.6 Å². The first-order chi connectivity index (χ1) is 10.7. The van der Waals surface area contributed by atoms with E-state index in [0.717, 1.165) is 11.3 Å². The molecule has 0 radical (unpaired) electrons. The van der Waals surface area contributed by atoms with Crippen molar-refractivity contribution < 1.29 is 14.3 Å². The number of hydrogen-bond acceptors (Lipinski definition) is 3. The smallest absolute Gasteiger partial charge is 0.255 e. The highest BCUT2D eigenvalue weighted by molar-refractivity contribution is 5.97. The van der Waals surface area contributed by atoms with Gasteiger partial charge in [0.15, 0.2) is 0 Å². The maximum absolute atomic E-state index is 12.4. The van der Waals surface area contributed by atoms with Gasteiger partial charge >= 0.3 is 0 Å². The van der Waals surface area contributed by atoms with Crippen molar-refractivity contribution in [3.63, 3.8) is 0 Å². The molecule has 0 aliphatic carbocycles. The second-order valence-corrected chi connectivity index (χ2v) is 4.90. The lowest BCUT2D eigenvalue weighted by atomic mass is 10.1. The summed E-state index contributed by atoms with van der Waals surface area (Å²) in [7, 11) is 1.56. The van der Waals surface area contributed by atoms with Crippen LogP contribution in [-0.2, 0) is 0 Å². The van der Waals surface area contributed by atoms with E-state index in [2.05, 4.69) is 5.32 Å². The fourth-order valence-electron chi connectivity index (χ4n) is 2.21. The summed E-state index contributed by atoms with van der Waals surface area (Å²) < 4.78 is 10.6. The van der Waals surface area contributed by atoms with E-state index in [1.165, 1.54) is 0 Å². The minimum Gasteiger partial charge on any atom is -0.496 e. The van der Waals surface area contributed by atoms with Crippen LogP contribution in [0.4, 0.5) is 0 Å². The first-order valence-electron chi connectivity index (χ1n) is 7.32. The van der Waals surface area contributed by atoms with Gasteiger partial charge in [0.05, 0.1) is 25.3 Å². The van der Waals surface area contributed by atoms with Crippen LogP contribution in [0.5, 0.6) is 11.5 Å². The summed E-state index contributed by atoms with van der Waals surface area (Å²) in [6.07, 6.45) is 0. The third-order valence-corrected chi connectivity index (χ3v) is 3.39. The maximum Gasteiger partial charge on any atom is 0.255 e. The number of para-hydroxylation sites is 1. The average molecular weight is 299 g/mol. The number of carbonyl (C=O) groups excluding carboxylic acids is 1. The van der Waals surface area contributed by atoms with Gasteiger partial charge in [0.1, 0.15) is 11.5 Å². The lowest BCUT2D eigenvalue weighted by Gasteiger charge is -2.16. The highest BCUT2D eigenvalue weighted by atomic mass is 16.5. The lowest BCUT2D eigenvalue weighted by Crippen LogP contribution is -2.27. The van der Waals surface area contributed by atoms with Crippen molar-refractivity contribution in [1.29, 1.82) is 0 Å². The Morgan fingerprint density at radius 3 is 2.45 bits per heavy atom. The van der Waals surface area contributed by atoms with Crippen LogP contribution in [-0.4, -0.2) is 19.6 Å². The Morgan fingerprint density at radius 1 is 1.14 bits per heavy atom. The van der Waals surface area contributed by atoms with Crippen molar-refractivity contribution in [1.82, 2.24) is 5.32 Å². The molecule has 0 aliphatic heterocycles. The van der Waals surface area contributed by atoms with Crippen molar-refractivity contribution in [3.05, 3.63) is 59.7 Å². The summed E-state index contributed by atoms with van der Waals surface area (Å²) >= 11 is 0. The molecule has 1 amide bonds. The Hall–Kier alpha value is -2.49. The predicted molar refractivity (Wildman–Crippen MR) is 86.5 cm³/mol. The summed E-state index contributed by atoms with van der Waals surface area (Å²) in [5, 5.41) is 2.98. The molecule has 0 bridgehead atoms. The third kappa shape index (κ3) is 3.79. The molecule has 1 N–H and O–H groups in total. The number of nitrogens with one attached hydrogen (secondary N) is 1. The van der Waals surface area contributed by atoms with E-state index in [-0.39, 0.29) is 11.9 Å². The van der Waals surface area contributed by atoms with Gasteiger partial charge in [-0.2, -0.15) is 0 Å². The predicted octanol–water partition coefficient (Wildman–Crippen LogP) is 3.58. The number of amides is 1. The molecule has 22 heavy (non-hydrogen) atoms. The van der Waals surface area contributed by atoms with Gasteiger partial charge in [0.25, 0.3) is 5.91 Å². The fourth-order valence-corrected chi connectivity index (χ4v) is 2.21. The quantitative estimate of drug-likeness (QED) is 0.887. The number of hydrogen-bond donors (Lipinski definition) is 1. The summed E-state index contributed by atoms with van der Waals surface area (Å²) in [5.41, 5.74) is 1.55. The molecule has 0 fully saturated rings. The van der Waals surface area contributed by atoms with Gasteiger partial charge < -0.3 is 14.8 Å². The van der Waals surface area contributed by atoms with E-state index in [1.807, 2.05) is 50.2 Å². The van der Waals surface area contributed by atoms with Gasteiger partial charge in [-0.05, 0) is 43.7 Å². The zero-order valence-corrected chi connectivity index (χ0v) is 13.1. The molecular formula is C18H21NO3. The van der Waals surface area contributed by atoms with Crippen LogP contribution in [0.3, 0.4) is 0 Å². The lowest BCUT2D eigenvalue weighted by molar-refractivity contribution is 0.0937. The van der Waals surface area contributed by atoms with Crippen LogP contribution >= 0.6 is 0 Å². The fraction of sp³-hybridized carbons (Fsp3) is 0.278. The number of rotatable bonds is 6. The van der Waals surface area contributed by atoms with E-state index >= 15 is 0 Å². The Morgan fingerprint density at radius 2 is 1.82 bits per heavy atom. The molecular weight excluding hydrogens is 278 g/mol. The summed E-state index contributed by atoms with van der Waals surface area (Å²) in [5.74, 6) is 1.24. The monoisotopic (exact) mass is 299 g/mol. The minimum absolute atomic E-state index is 0.104. The van der Waals surface area contributed by atoms with E-state index in [4.69, 9.17) is 9.47 Å². The van der Waals surface area contributed by atoms with Gasteiger partial charge in [-0.15, -0.1) is 0 Å². The molecule has 2 aromatic carbocycles. The Kier molecular flexibility index (Phi) is 5.42. The number of benzene rings is 2. The first kappa shape index (κ1) is 15.9. The largest absolute Gasteiger partial charge is 0.496 e. The third-order valence-electron chi connectivity index (χ3n) is 3.39. The van der Waals surface area contributed by atoms with Crippen molar-refractivity contribution in [2.45, 2.75) is 19.9 Å². The first-order valence-corrected chi connectivity index (χ1v) is 7.32. The molecule has 0 unspecified atom stereocenters. The molecule has 116 valence electrons. The van der Waals surface area contributed by atoms with E-state index in [0.29, 0.717) is 17.9 Å². The summed E-state index contributed by atoms with van der Waals surface area (Å²) in [6.45, 7) is 4.53. The van der Waals surface area contributed by atoms with E-state index in [9.17, 15) is 4.79 Å². The number of methoxy groups -OCH3 is 1. The van der Waals surface area contributed by atoms with Gasteiger partial charge in [0, 0.05) is 0 Å². The summed E-state index contributed by atoms with van der Waals surface area (Å²) in [6, 6.07) is 14.8. The van der Waals surface area contributed by atoms with E-state index < -0.39 is 0 Å². The van der Waals surface area contributed by atoms with Crippen LogP contribution in [0.2, 0.25) is 0 Å². The minimum atomic E-state index is -0.154. The Labute approximate surface area is 131 Å². The van der Waals surface area contributed by atoms with Gasteiger partial charge in [-0.1, -0.05) is 24.3 Å². The van der Waals surface area contributed by atoms with Gasteiger partial charge in [-0.3, -0.25) is 4.79 Å². The number of carbonyl (C=O) groups is 1. The SMILES string of the molecule is CCOc1ccc([C@H](C)NC(=O)c2ccccc2OC)cc1. The maximum atomic E-state index is 12.4. The number of ether oxygens (including phenoxy) is 2. The molecule has 0 heterocycles. The normalized spacial score (nSPS) is 11.6. The second kappa shape index (κ2) is 7.50. The molecule has 0 saturated carbocycles. The Bertz CT molecular complexity index is 622. The van der Waals surface area contributed by atoms with Crippen LogP contribution in [0, 0.1) is 0 Å². The van der Waals surface area contributed by atoms with Crippen LogP contribution in [0.15, 0.2) is 48.5 Å². The highest BCUT2D eigenvalue weighted by Gasteiger charge is 2.15. The van der Waals surface area contributed by atoms with Crippen LogP contribution in [0.1, 0.15) is 35.8 Å². The summed E-state index contributed by atoms with van der Waals surface area (Å²) in [4.78, 5) is 12.4. The highest BCUT2D eigenvalue weighted by Crippen LogP contribution is 2.21. The van der Waals surface area contributed by atoms with Gasteiger partial charge in [-0.25, -0.2) is 0 Å².